The Hall–Kier alpha value is -4.10. The van der Waals surface area contributed by atoms with Gasteiger partial charge < -0.3 is 20.5 Å². The van der Waals surface area contributed by atoms with Crippen LogP contribution in [-0.2, 0) is 4.74 Å². The van der Waals surface area contributed by atoms with Gasteiger partial charge in [-0.25, -0.2) is 19.0 Å². The Bertz CT molecular complexity index is 1880. The van der Waals surface area contributed by atoms with Crippen molar-refractivity contribution in [3.8, 4) is 11.3 Å². The molecule has 12 heteroatoms. The number of aliphatic hydroxyl groups is 1. The molecule has 1 fully saturated rings. The van der Waals surface area contributed by atoms with E-state index in [1.165, 1.54) is 10.8 Å². The number of imidazole rings is 2. The Morgan fingerprint density at radius 1 is 0.870 bits per heavy atom. The molecule has 5 heterocycles. The van der Waals surface area contributed by atoms with Crippen molar-refractivity contribution in [2.45, 2.75) is 26.3 Å². The van der Waals surface area contributed by atoms with E-state index >= 15 is 0 Å². The van der Waals surface area contributed by atoms with Crippen molar-refractivity contribution in [1.82, 2.24) is 34.1 Å². The van der Waals surface area contributed by atoms with Gasteiger partial charge >= 0.3 is 0 Å². The van der Waals surface area contributed by atoms with E-state index < -0.39 is 0 Å². The number of hydrogen-bond donors (Lipinski definition) is 3. The zero-order chi connectivity index (χ0) is 31.9. The van der Waals surface area contributed by atoms with Crippen LogP contribution in [0, 0.1) is 5.92 Å². The number of aromatic nitrogens is 6. The van der Waals surface area contributed by atoms with Crippen LogP contribution in [0.4, 0.5) is 11.6 Å². The highest BCUT2D eigenvalue weighted by molar-refractivity contribution is 9.10. The van der Waals surface area contributed by atoms with Gasteiger partial charge in [-0.05, 0) is 75.9 Å². The van der Waals surface area contributed by atoms with Gasteiger partial charge in [0, 0.05) is 25.2 Å². The Balaban J connectivity index is 0.000000167. The van der Waals surface area contributed by atoms with Gasteiger partial charge in [-0.15, -0.1) is 10.2 Å². The first-order valence-corrected chi connectivity index (χ1v) is 16.5. The summed E-state index contributed by atoms with van der Waals surface area (Å²) in [6.45, 7) is 10.1. The molecule has 0 unspecified atom stereocenters. The van der Waals surface area contributed by atoms with Gasteiger partial charge in [-0.3, -0.25) is 4.90 Å². The zero-order valence-electron chi connectivity index (χ0n) is 26.2. The standard InChI is InChI=1S/C21H22N4O.C13H18BrN5O/c1-14(2)18(13-26)23-20-9-10-21-22-12-19(25(21)24-20)17-8-7-15-5-3-4-6-16(15)11-17;14-11-10-16-13-3-2-12(17-19(11)13)15-4-1-5-18-6-8-20-9-7-18/h3-12,14,18,26H,13H2,1-2H3,(H,23,24);2-3,10H,1,4-9H2,(H,15,17)/t18-;/m1./s1. The Kier molecular flexibility index (Phi) is 10.4. The van der Waals surface area contributed by atoms with Crippen molar-refractivity contribution < 1.29 is 9.84 Å². The molecule has 6 aromatic rings. The van der Waals surface area contributed by atoms with Gasteiger partial charge in [0.05, 0.1) is 44.0 Å². The molecule has 240 valence electrons. The summed E-state index contributed by atoms with van der Waals surface area (Å²) in [5, 5.41) is 27.8. The van der Waals surface area contributed by atoms with E-state index in [1.807, 2.05) is 47.1 Å². The molecule has 46 heavy (non-hydrogen) atoms. The van der Waals surface area contributed by atoms with Crippen molar-refractivity contribution in [2.24, 2.45) is 5.92 Å². The second kappa shape index (κ2) is 15.0. The molecule has 4 aromatic heterocycles. The lowest BCUT2D eigenvalue weighted by Gasteiger charge is -2.26. The molecule has 0 amide bonds. The normalized spacial score (nSPS) is 14.5. The quantitative estimate of drug-likeness (QED) is 0.158. The summed E-state index contributed by atoms with van der Waals surface area (Å²) in [7, 11) is 0. The van der Waals surface area contributed by atoms with Crippen LogP contribution >= 0.6 is 15.9 Å². The molecule has 1 saturated heterocycles. The van der Waals surface area contributed by atoms with Crippen molar-refractivity contribution >= 4 is 49.6 Å². The number of halogens is 1. The maximum absolute atomic E-state index is 9.55. The van der Waals surface area contributed by atoms with E-state index in [0.717, 1.165) is 84.6 Å². The third-order valence-corrected chi connectivity index (χ3v) is 8.66. The molecule has 0 aliphatic carbocycles. The highest BCUT2D eigenvalue weighted by Gasteiger charge is 2.14. The summed E-state index contributed by atoms with van der Waals surface area (Å²) in [5.41, 5.74) is 3.66. The predicted molar refractivity (Wildman–Crippen MR) is 186 cm³/mol. The van der Waals surface area contributed by atoms with Crippen LogP contribution in [0.25, 0.3) is 33.3 Å². The van der Waals surface area contributed by atoms with Crippen LogP contribution in [0.1, 0.15) is 20.3 Å². The molecule has 0 spiro atoms. The average molecular weight is 687 g/mol. The lowest BCUT2D eigenvalue weighted by atomic mass is 10.1. The van der Waals surface area contributed by atoms with Crippen LogP contribution in [0.3, 0.4) is 0 Å². The largest absolute Gasteiger partial charge is 0.394 e. The smallest absolute Gasteiger partial charge is 0.154 e. The fourth-order valence-corrected chi connectivity index (χ4v) is 5.76. The molecular formula is C34H40BrN9O2. The topological polar surface area (TPSA) is 117 Å². The van der Waals surface area contributed by atoms with Crippen LogP contribution in [0.5, 0.6) is 0 Å². The molecule has 1 aliphatic rings. The molecule has 11 nitrogen and oxygen atoms in total. The highest BCUT2D eigenvalue weighted by atomic mass is 79.9. The molecule has 2 aromatic carbocycles. The minimum atomic E-state index is -0.0346. The van der Waals surface area contributed by atoms with Gasteiger partial charge in [0.15, 0.2) is 11.3 Å². The van der Waals surface area contributed by atoms with Crippen molar-refractivity contribution in [1.29, 1.82) is 0 Å². The molecule has 0 radical (unpaired) electrons. The summed E-state index contributed by atoms with van der Waals surface area (Å²) < 4.78 is 9.84. The van der Waals surface area contributed by atoms with Gasteiger partial charge in [-0.1, -0.05) is 50.2 Å². The van der Waals surface area contributed by atoms with E-state index in [1.54, 1.807) is 10.7 Å². The number of nitrogens with zero attached hydrogens (tertiary/aromatic N) is 7. The minimum absolute atomic E-state index is 0.0346. The molecule has 0 bridgehead atoms. The molecule has 0 saturated carbocycles. The first-order chi connectivity index (χ1) is 22.5. The first-order valence-electron chi connectivity index (χ1n) is 15.7. The van der Waals surface area contributed by atoms with Gasteiger partial charge in [-0.2, -0.15) is 0 Å². The van der Waals surface area contributed by atoms with E-state index in [-0.39, 0.29) is 12.6 Å². The number of morpholine rings is 1. The van der Waals surface area contributed by atoms with Gasteiger partial charge in [0.2, 0.25) is 0 Å². The van der Waals surface area contributed by atoms with E-state index in [4.69, 9.17) is 9.84 Å². The average Bonchev–Trinajstić information content (AvgIpc) is 3.68. The second-order valence-corrected chi connectivity index (χ2v) is 12.5. The summed E-state index contributed by atoms with van der Waals surface area (Å²) in [6, 6.07) is 22.4. The number of fused-ring (bicyclic) bond motifs is 3. The molecule has 1 atom stereocenters. The van der Waals surface area contributed by atoms with Crippen LogP contribution in [0.15, 0.2) is 83.7 Å². The summed E-state index contributed by atoms with van der Waals surface area (Å²) in [6.07, 6.45) is 4.71. The van der Waals surface area contributed by atoms with E-state index in [2.05, 4.69) is 90.7 Å². The molecule has 1 aliphatic heterocycles. The lowest BCUT2D eigenvalue weighted by molar-refractivity contribution is 0.0378. The number of rotatable bonds is 10. The molecule has 7 rings (SSSR count). The number of hydrogen-bond acceptors (Lipinski definition) is 9. The SMILES string of the molecule is Brc1cnc2ccc(NCCCN3CCOCC3)nn12.CC(C)[C@@H](CO)Nc1ccc2ncc(-c3ccc4ccccc4c3)n2n1. The molecular weight excluding hydrogens is 646 g/mol. The number of nitrogens with one attached hydrogen (secondary N) is 2. The summed E-state index contributed by atoms with van der Waals surface area (Å²) in [5.74, 6) is 1.91. The monoisotopic (exact) mass is 685 g/mol. The molecule has 3 N–H and O–H groups in total. The summed E-state index contributed by atoms with van der Waals surface area (Å²) in [4.78, 5) is 11.1. The first kappa shape index (κ1) is 31.9. The number of ether oxygens (including phenoxy) is 1. The fourth-order valence-electron chi connectivity index (χ4n) is 5.39. The number of benzene rings is 2. The minimum Gasteiger partial charge on any atom is -0.394 e. The second-order valence-electron chi connectivity index (χ2n) is 11.7. The zero-order valence-corrected chi connectivity index (χ0v) is 27.8. The van der Waals surface area contributed by atoms with Crippen LogP contribution in [-0.4, -0.2) is 91.2 Å². The van der Waals surface area contributed by atoms with Crippen LogP contribution < -0.4 is 10.6 Å². The van der Waals surface area contributed by atoms with Crippen molar-refractivity contribution in [3.05, 3.63) is 83.7 Å². The van der Waals surface area contributed by atoms with Gasteiger partial charge in [0.1, 0.15) is 16.2 Å². The third kappa shape index (κ3) is 7.64. The van der Waals surface area contributed by atoms with Crippen molar-refractivity contribution in [2.75, 3.05) is 56.6 Å². The predicted octanol–water partition coefficient (Wildman–Crippen LogP) is 5.60. The highest BCUT2D eigenvalue weighted by Crippen LogP contribution is 2.25. The fraction of sp³-hybridized carbons (Fsp3) is 0.353. The Morgan fingerprint density at radius 2 is 1.59 bits per heavy atom. The van der Waals surface area contributed by atoms with Gasteiger partial charge in [0.25, 0.3) is 0 Å². The van der Waals surface area contributed by atoms with E-state index in [9.17, 15) is 5.11 Å². The van der Waals surface area contributed by atoms with E-state index in [0.29, 0.717) is 5.92 Å². The summed E-state index contributed by atoms with van der Waals surface area (Å²) >= 11 is 3.43. The maximum Gasteiger partial charge on any atom is 0.154 e. The van der Waals surface area contributed by atoms with Crippen LogP contribution in [0.2, 0.25) is 0 Å². The lowest BCUT2D eigenvalue weighted by Crippen LogP contribution is -2.37. The maximum atomic E-state index is 9.55. The number of anilines is 2. The Labute approximate surface area is 276 Å². The number of aliphatic hydroxyl groups excluding tert-OH is 1. The Morgan fingerprint density at radius 3 is 2.37 bits per heavy atom. The van der Waals surface area contributed by atoms with Crippen molar-refractivity contribution in [3.63, 3.8) is 0 Å². The third-order valence-electron chi connectivity index (χ3n) is 8.12.